The van der Waals surface area contributed by atoms with Gasteiger partial charge in [0.25, 0.3) is 0 Å². The van der Waals surface area contributed by atoms with Crippen LogP contribution in [0.25, 0.3) is 0 Å². The molecular weight excluding hydrogens is 233 g/mol. The fourth-order valence-corrected chi connectivity index (χ4v) is 1.73. The maximum atomic E-state index is 12.5. The molecule has 0 aromatic heterocycles. The van der Waals surface area contributed by atoms with Crippen molar-refractivity contribution in [2.45, 2.75) is 12.8 Å². The van der Waals surface area contributed by atoms with Gasteiger partial charge in [-0.05, 0) is 37.1 Å². The predicted octanol–water partition coefficient (Wildman–Crippen LogP) is 1.27. The fraction of sp³-hybridized carbons (Fsp3) is 0.400. The van der Waals surface area contributed by atoms with E-state index in [0.717, 1.165) is 0 Å². The normalized spacial score (nSPS) is 11.4. The van der Waals surface area contributed by atoms with Crippen LogP contribution < -0.4 is 9.88 Å². The second kappa shape index (κ2) is 5.81. The van der Waals surface area contributed by atoms with Crippen LogP contribution in [0.5, 0.6) is 5.75 Å². The summed E-state index contributed by atoms with van der Waals surface area (Å²) in [5.74, 6) is 0.207. The van der Waals surface area contributed by atoms with E-state index in [1.807, 2.05) is 0 Å². The number of nitrogens with two attached hydrogens (primary N) is 1. The highest BCUT2D eigenvalue weighted by atomic mass is 32.2. The van der Waals surface area contributed by atoms with Crippen LogP contribution in [0.2, 0.25) is 0 Å². The molecule has 1 rings (SSSR count). The van der Waals surface area contributed by atoms with Crippen molar-refractivity contribution in [1.29, 1.82) is 0 Å². The first-order valence-corrected chi connectivity index (χ1v) is 6.58. The minimum Gasteiger partial charge on any atom is -0.494 e. The number of rotatable bonds is 6. The molecule has 6 heteroatoms. The van der Waals surface area contributed by atoms with Crippen LogP contribution in [0.15, 0.2) is 24.3 Å². The highest BCUT2D eigenvalue weighted by Crippen LogP contribution is 2.11. The van der Waals surface area contributed by atoms with Gasteiger partial charge in [-0.15, -0.1) is 0 Å². The molecule has 0 heterocycles. The molecular formula is C10H14FNO3S. The summed E-state index contributed by atoms with van der Waals surface area (Å²) >= 11 is 0. The van der Waals surface area contributed by atoms with Crippen molar-refractivity contribution in [2.24, 2.45) is 5.14 Å². The Balaban J connectivity index is 2.19. The van der Waals surface area contributed by atoms with Crippen LogP contribution in [0.4, 0.5) is 4.39 Å². The lowest BCUT2D eigenvalue weighted by atomic mass is 10.3. The molecule has 1 aromatic rings. The number of hydrogen-bond acceptors (Lipinski definition) is 3. The predicted molar refractivity (Wildman–Crippen MR) is 59.1 cm³/mol. The molecule has 0 aliphatic carbocycles. The maximum absolute atomic E-state index is 12.5. The molecule has 16 heavy (non-hydrogen) atoms. The van der Waals surface area contributed by atoms with Gasteiger partial charge in [0.1, 0.15) is 11.6 Å². The molecule has 0 fully saturated rings. The lowest BCUT2D eigenvalue weighted by Crippen LogP contribution is -2.16. The second-order valence-corrected chi connectivity index (χ2v) is 5.11. The van der Waals surface area contributed by atoms with Crippen LogP contribution in [-0.2, 0) is 10.0 Å². The second-order valence-electron chi connectivity index (χ2n) is 3.38. The Kier molecular flexibility index (Phi) is 4.70. The molecule has 0 saturated carbocycles. The van der Waals surface area contributed by atoms with Gasteiger partial charge in [0.05, 0.1) is 12.4 Å². The monoisotopic (exact) mass is 247 g/mol. The summed E-state index contributed by atoms with van der Waals surface area (Å²) in [7, 11) is -3.38. The van der Waals surface area contributed by atoms with E-state index in [0.29, 0.717) is 25.2 Å². The van der Waals surface area contributed by atoms with Gasteiger partial charge >= 0.3 is 0 Å². The first-order chi connectivity index (χ1) is 7.47. The molecule has 0 aliphatic heterocycles. The lowest BCUT2D eigenvalue weighted by molar-refractivity contribution is 0.309. The number of sulfonamides is 1. The van der Waals surface area contributed by atoms with Gasteiger partial charge in [0, 0.05) is 0 Å². The van der Waals surface area contributed by atoms with Crippen molar-refractivity contribution in [2.75, 3.05) is 12.4 Å². The first kappa shape index (κ1) is 12.9. The summed E-state index contributed by atoms with van der Waals surface area (Å²) in [5.41, 5.74) is 0. The van der Waals surface area contributed by atoms with E-state index < -0.39 is 10.0 Å². The Labute approximate surface area is 94.3 Å². The molecule has 0 radical (unpaired) electrons. The summed E-state index contributed by atoms with van der Waals surface area (Å²) in [6, 6.07) is 5.66. The number of halogens is 1. The SMILES string of the molecule is NS(=O)(=O)CCCCOc1ccc(F)cc1. The summed E-state index contributed by atoms with van der Waals surface area (Å²) < 4.78 is 39.0. The van der Waals surface area contributed by atoms with Crippen molar-refractivity contribution in [3.63, 3.8) is 0 Å². The molecule has 0 unspecified atom stereocenters. The molecule has 2 N–H and O–H groups in total. The molecule has 4 nitrogen and oxygen atoms in total. The van der Waals surface area contributed by atoms with E-state index in [1.54, 1.807) is 0 Å². The third-order valence-corrected chi connectivity index (χ3v) is 2.76. The Morgan fingerprint density at radius 3 is 2.38 bits per heavy atom. The van der Waals surface area contributed by atoms with E-state index in [4.69, 9.17) is 9.88 Å². The van der Waals surface area contributed by atoms with Crippen molar-refractivity contribution in [1.82, 2.24) is 0 Å². The van der Waals surface area contributed by atoms with E-state index in [-0.39, 0.29) is 11.6 Å². The van der Waals surface area contributed by atoms with Crippen LogP contribution in [-0.4, -0.2) is 20.8 Å². The van der Waals surface area contributed by atoms with Gasteiger partial charge in [-0.25, -0.2) is 17.9 Å². The number of unbranched alkanes of at least 4 members (excludes halogenated alkanes) is 1. The third-order valence-electron chi connectivity index (χ3n) is 1.91. The Hall–Kier alpha value is -1.14. The summed E-state index contributed by atoms with van der Waals surface area (Å²) in [5, 5.41) is 4.84. The van der Waals surface area contributed by atoms with Gasteiger partial charge in [-0.1, -0.05) is 0 Å². The third kappa shape index (κ3) is 5.67. The van der Waals surface area contributed by atoms with Crippen molar-refractivity contribution in [3.8, 4) is 5.75 Å². The van der Waals surface area contributed by atoms with Gasteiger partial charge in [-0.3, -0.25) is 0 Å². The van der Waals surface area contributed by atoms with Gasteiger partial charge in [0.15, 0.2) is 0 Å². The quantitative estimate of drug-likeness (QED) is 0.770. The topological polar surface area (TPSA) is 69.4 Å². The van der Waals surface area contributed by atoms with E-state index in [1.165, 1.54) is 24.3 Å². The van der Waals surface area contributed by atoms with Gasteiger partial charge in [0.2, 0.25) is 10.0 Å². The van der Waals surface area contributed by atoms with E-state index in [9.17, 15) is 12.8 Å². The average molecular weight is 247 g/mol. The standard InChI is InChI=1S/C10H14FNO3S/c11-9-3-5-10(6-4-9)15-7-1-2-8-16(12,13)14/h3-6H,1-2,7-8H2,(H2,12,13,14). The highest BCUT2D eigenvalue weighted by molar-refractivity contribution is 7.89. The Bertz CT molecular complexity index is 416. The minimum absolute atomic E-state index is 0.0419. The zero-order chi connectivity index (χ0) is 12.0. The maximum Gasteiger partial charge on any atom is 0.209 e. The lowest BCUT2D eigenvalue weighted by Gasteiger charge is -2.05. The van der Waals surface area contributed by atoms with E-state index in [2.05, 4.69) is 0 Å². The van der Waals surface area contributed by atoms with Gasteiger partial charge < -0.3 is 4.74 Å². The summed E-state index contributed by atoms with van der Waals surface area (Å²) in [4.78, 5) is 0. The number of hydrogen-bond donors (Lipinski definition) is 1. The van der Waals surface area contributed by atoms with Crippen LogP contribution in [0, 0.1) is 5.82 Å². The fourth-order valence-electron chi connectivity index (χ4n) is 1.13. The van der Waals surface area contributed by atoms with Gasteiger partial charge in [-0.2, -0.15) is 0 Å². The number of primary sulfonamides is 1. The molecule has 90 valence electrons. The van der Waals surface area contributed by atoms with Crippen LogP contribution in [0.1, 0.15) is 12.8 Å². The highest BCUT2D eigenvalue weighted by Gasteiger charge is 2.01. The van der Waals surface area contributed by atoms with Crippen LogP contribution in [0.3, 0.4) is 0 Å². The molecule has 1 aromatic carbocycles. The minimum atomic E-state index is -3.38. The molecule has 0 amide bonds. The molecule has 0 aliphatic rings. The zero-order valence-corrected chi connectivity index (χ0v) is 9.54. The zero-order valence-electron chi connectivity index (χ0n) is 8.73. The van der Waals surface area contributed by atoms with Crippen LogP contribution >= 0.6 is 0 Å². The molecule has 0 spiro atoms. The summed E-state index contributed by atoms with van der Waals surface area (Å²) in [6.45, 7) is 0.390. The first-order valence-electron chi connectivity index (χ1n) is 4.86. The van der Waals surface area contributed by atoms with Crippen molar-refractivity contribution >= 4 is 10.0 Å². The molecule has 0 atom stereocenters. The summed E-state index contributed by atoms with van der Waals surface area (Å²) in [6.07, 6.45) is 1.05. The molecule has 0 bridgehead atoms. The number of benzene rings is 1. The molecule has 0 saturated heterocycles. The van der Waals surface area contributed by atoms with E-state index >= 15 is 0 Å². The average Bonchev–Trinajstić information content (AvgIpc) is 2.19. The smallest absolute Gasteiger partial charge is 0.209 e. The Morgan fingerprint density at radius 1 is 1.19 bits per heavy atom. The van der Waals surface area contributed by atoms with Crippen molar-refractivity contribution in [3.05, 3.63) is 30.1 Å². The number of ether oxygens (including phenoxy) is 1. The largest absolute Gasteiger partial charge is 0.494 e. The Morgan fingerprint density at radius 2 is 1.81 bits per heavy atom. The van der Waals surface area contributed by atoms with Crippen molar-refractivity contribution < 1.29 is 17.5 Å².